The highest BCUT2D eigenvalue weighted by molar-refractivity contribution is 5.95. The number of hydrogen-bond donors (Lipinski definition) is 2. The van der Waals surface area contributed by atoms with E-state index in [0.717, 1.165) is 56.6 Å². The first-order valence-electron chi connectivity index (χ1n) is 11.4. The van der Waals surface area contributed by atoms with Gasteiger partial charge in [-0.25, -0.2) is 4.98 Å². The van der Waals surface area contributed by atoms with E-state index in [1.165, 1.54) is 0 Å². The van der Waals surface area contributed by atoms with E-state index in [0.29, 0.717) is 29.2 Å². The number of fused-ring (bicyclic) bond motifs is 1. The molecule has 1 amide bonds. The number of carbonyl (C=O) groups is 1. The lowest BCUT2D eigenvalue weighted by Crippen LogP contribution is -2.47. The Morgan fingerprint density at radius 1 is 1.21 bits per heavy atom. The molecule has 10 nitrogen and oxygen atoms in total. The Labute approximate surface area is 193 Å². The van der Waals surface area contributed by atoms with Gasteiger partial charge in [0, 0.05) is 43.9 Å². The van der Waals surface area contributed by atoms with Gasteiger partial charge < -0.3 is 25.6 Å². The molecule has 0 bridgehead atoms. The summed E-state index contributed by atoms with van der Waals surface area (Å²) in [6.45, 7) is 6.61. The third-order valence-corrected chi connectivity index (χ3v) is 5.97. The molecule has 3 N–H and O–H groups in total. The van der Waals surface area contributed by atoms with Crippen molar-refractivity contribution in [1.82, 2.24) is 29.5 Å². The zero-order chi connectivity index (χ0) is 23.4. The molecule has 1 fully saturated rings. The number of anilines is 2. The number of likely N-dealkylation sites (N-methyl/N-ethyl adjacent to an activating group) is 1. The summed E-state index contributed by atoms with van der Waals surface area (Å²) in [6.07, 6.45) is 3.79. The second-order valence-corrected chi connectivity index (χ2v) is 8.37. The fraction of sp³-hybridized carbons (Fsp3) is 0.478. The van der Waals surface area contributed by atoms with Crippen LogP contribution in [0.15, 0.2) is 24.4 Å². The summed E-state index contributed by atoms with van der Waals surface area (Å²) in [5.74, 6) is 1.56. The summed E-state index contributed by atoms with van der Waals surface area (Å²) < 4.78 is 7.48. The Hall–Kier alpha value is -3.40. The number of nitrogens with two attached hydrogens (primary N) is 1. The molecule has 0 aliphatic carbocycles. The maximum absolute atomic E-state index is 13.0. The van der Waals surface area contributed by atoms with Crippen molar-refractivity contribution in [2.45, 2.75) is 26.3 Å². The van der Waals surface area contributed by atoms with Crippen LogP contribution in [0.5, 0.6) is 5.75 Å². The van der Waals surface area contributed by atoms with Crippen LogP contribution in [0.25, 0.3) is 11.0 Å². The lowest BCUT2D eigenvalue weighted by Gasteiger charge is -2.32. The number of amides is 1. The SMILES string of the molecule is CCCCNc1nc(N)nc2cnn(Cc3ccc(C(=O)N4CCN(C)CC4)cc3OC)c12. The summed E-state index contributed by atoms with van der Waals surface area (Å²) in [7, 11) is 3.69. The van der Waals surface area contributed by atoms with Crippen molar-refractivity contribution in [3.05, 3.63) is 35.5 Å². The van der Waals surface area contributed by atoms with E-state index >= 15 is 0 Å². The first kappa shape index (κ1) is 22.8. The molecule has 1 aliphatic rings. The van der Waals surface area contributed by atoms with E-state index < -0.39 is 0 Å². The maximum atomic E-state index is 13.0. The minimum Gasteiger partial charge on any atom is -0.496 e. The summed E-state index contributed by atoms with van der Waals surface area (Å²) in [4.78, 5) is 25.8. The van der Waals surface area contributed by atoms with Crippen molar-refractivity contribution in [3.63, 3.8) is 0 Å². The van der Waals surface area contributed by atoms with E-state index in [4.69, 9.17) is 10.5 Å². The van der Waals surface area contributed by atoms with Gasteiger partial charge >= 0.3 is 0 Å². The van der Waals surface area contributed by atoms with Crippen LogP contribution in [0.4, 0.5) is 11.8 Å². The van der Waals surface area contributed by atoms with Gasteiger partial charge in [0.2, 0.25) is 5.95 Å². The number of methoxy groups -OCH3 is 1. The van der Waals surface area contributed by atoms with E-state index in [1.54, 1.807) is 13.3 Å². The highest BCUT2D eigenvalue weighted by atomic mass is 16.5. The number of ether oxygens (including phenoxy) is 1. The van der Waals surface area contributed by atoms with Gasteiger partial charge in [0.1, 0.15) is 16.8 Å². The molecule has 0 spiro atoms. The van der Waals surface area contributed by atoms with Crippen LogP contribution in [0.1, 0.15) is 35.7 Å². The molecule has 0 atom stereocenters. The molecule has 4 rings (SSSR count). The molecule has 1 aromatic carbocycles. The highest BCUT2D eigenvalue weighted by Gasteiger charge is 2.22. The topological polar surface area (TPSA) is 114 Å². The molecule has 3 heterocycles. The lowest BCUT2D eigenvalue weighted by molar-refractivity contribution is 0.0663. The minimum absolute atomic E-state index is 0.0313. The molecule has 10 heteroatoms. The fourth-order valence-electron chi connectivity index (χ4n) is 4.01. The highest BCUT2D eigenvalue weighted by Crippen LogP contribution is 2.26. The van der Waals surface area contributed by atoms with Gasteiger partial charge in [0.15, 0.2) is 5.82 Å². The van der Waals surface area contributed by atoms with Crippen molar-refractivity contribution in [3.8, 4) is 5.75 Å². The van der Waals surface area contributed by atoms with Crippen LogP contribution >= 0.6 is 0 Å². The summed E-state index contributed by atoms with van der Waals surface area (Å²) in [5, 5.41) is 7.87. The minimum atomic E-state index is 0.0313. The number of hydrogen-bond acceptors (Lipinski definition) is 8. The van der Waals surface area contributed by atoms with Crippen molar-refractivity contribution in [1.29, 1.82) is 0 Å². The fourth-order valence-corrected chi connectivity index (χ4v) is 4.01. The first-order chi connectivity index (χ1) is 16.0. The van der Waals surface area contributed by atoms with Crippen molar-refractivity contribution < 1.29 is 9.53 Å². The number of rotatable bonds is 8. The van der Waals surface area contributed by atoms with Gasteiger partial charge in [-0.3, -0.25) is 9.48 Å². The largest absolute Gasteiger partial charge is 0.496 e. The third kappa shape index (κ3) is 5.00. The number of carbonyl (C=O) groups excluding carboxylic acids is 1. The number of unbranched alkanes of at least 4 members (excludes halogenated alkanes) is 1. The number of nitrogen functional groups attached to an aromatic ring is 1. The molecule has 176 valence electrons. The van der Waals surface area contributed by atoms with Gasteiger partial charge in [-0.2, -0.15) is 10.1 Å². The molecule has 1 aliphatic heterocycles. The lowest BCUT2D eigenvalue weighted by atomic mass is 10.1. The molecule has 0 radical (unpaired) electrons. The van der Waals surface area contributed by atoms with Gasteiger partial charge in [-0.1, -0.05) is 19.4 Å². The Bertz CT molecular complexity index is 1120. The zero-order valence-corrected chi connectivity index (χ0v) is 19.5. The van der Waals surface area contributed by atoms with Crippen molar-refractivity contribution in [2.24, 2.45) is 0 Å². The smallest absolute Gasteiger partial charge is 0.254 e. The first-order valence-corrected chi connectivity index (χ1v) is 11.4. The summed E-state index contributed by atoms with van der Waals surface area (Å²) in [6, 6.07) is 5.60. The second kappa shape index (κ2) is 10.0. The van der Waals surface area contributed by atoms with Gasteiger partial charge in [0.25, 0.3) is 5.91 Å². The summed E-state index contributed by atoms with van der Waals surface area (Å²) in [5.41, 5.74) is 8.91. The van der Waals surface area contributed by atoms with Gasteiger partial charge in [-0.15, -0.1) is 0 Å². The number of benzene rings is 1. The van der Waals surface area contributed by atoms with Crippen LogP contribution in [0, 0.1) is 0 Å². The van der Waals surface area contributed by atoms with Crippen LogP contribution in [0.3, 0.4) is 0 Å². The van der Waals surface area contributed by atoms with E-state index in [2.05, 4.69) is 39.3 Å². The number of nitrogens with one attached hydrogen (secondary N) is 1. The summed E-state index contributed by atoms with van der Waals surface area (Å²) >= 11 is 0. The molecule has 2 aromatic heterocycles. The molecule has 33 heavy (non-hydrogen) atoms. The number of nitrogens with zero attached hydrogens (tertiary/aromatic N) is 6. The Morgan fingerprint density at radius 3 is 2.73 bits per heavy atom. The Kier molecular flexibility index (Phi) is 6.93. The van der Waals surface area contributed by atoms with E-state index in [1.807, 2.05) is 27.8 Å². The molecule has 1 saturated heterocycles. The van der Waals surface area contributed by atoms with Crippen LogP contribution in [-0.4, -0.2) is 82.3 Å². The average Bonchev–Trinajstić information content (AvgIpc) is 3.22. The molecular weight excluding hydrogens is 420 g/mol. The maximum Gasteiger partial charge on any atom is 0.254 e. The monoisotopic (exact) mass is 452 g/mol. The van der Waals surface area contributed by atoms with Crippen LogP contribution in [-0.2, 0) is 6.54 Å². The predicted octanol–water partition coefficient (Wildman–Crippen LogP) is 2.06. The predicted molar refractivity (Wildman–Crippen MR) is 129 cm³/mol. The molecule has 0 unspecified atom stereocenters. The van der Waals surface area contributed by atoms with E-state index in [-0.39, 0.29) is 11.9 Å². The normalized spacial score (nSPS) is 14.6. The van der Waals surface area contributed by atoms with Crippen molar-refractivity contribution in [2.75, 3.05) is 57.9 Å². The Morgan fingerprint density at radius 2 is 2.00 bits per heavy atom. The average molecular weight is 453 g/mol. The molecule has 3 aromatic rings. The third-order valence-electron chi connectivity index (χ3n) is 5.97. The van der Waals surface area contributed by atoms with Crippen molar-refractivity contribution >= 4 is 28.7 Å². The molecule has 0 saturated carbocycles. The zero-order valence-electron chi connectivity index (χ0n) is 19.5. The second-order valence-electron chi connectivity index (χ2n) is 8.37. The van der Waals surface area contributed by atoms with Gasteiger partial charge in [0.05, 0.1) is 19.9 Å². The van der Waals surface area contributed by atoms with E-state index in [9.17, 15) is 4.79 Å². The van der Waals surface area contributed by atoms with Crippen LogP contribution < -0.4 is 15.8 Å². The number of piperazine rings is 1. The number of aromatic nitrogens is 4. The Balaban J connectivity index is 1.59. The quantitative estimate of drug-likeness (QED) is 0.499. The molecular formula is C23H32N8O2. The van der Waals surface area contributed by atoms with Gasteiger partial charge in [-0.05, 0) is 25.6 Å². The van der Waals surface area contributed by atoms with Crippen LogP contribution in [0.2, 0.25) is 0 Å². The standard InChI is InChI=1S/C23H32N8O2/c1-4-5-8-25-21-20-18(27-23(24)28-21)14-26-31(20)15-17-7-6-16(13-19(17)33-3)22(32)30-11-9-29(2)10-12-30/h6-7,13-14H,4-5,8-12,15H2,1-3H3,(H3,24,25,27,28).